The number of nitrogens with one attached hydrogen (secondary N) is 2. The number of nitrogens with zero attached hydrogens (tertiary/aromatic N) is 2. The highest BCUT2D eigenvalue weighted by Crippen LogP contribution is 1.98. The highest BCUT2D eigenvalue weighted by Gasteiger charge is 2.00. The second-order valence-corrected chi connectivity index (χ2v) is 5.57. The van der Waals surface area contributed by atoms with E-state index in [9.17, 15) is 0 Å². The van der Waals surface area contributed by atoms with E-state index in [1.165, 1.54) is 5.56 Å². The molecule has 5 heteroatoms. The fourth-order valence-electron chi connectivity index (χ4n) is 2.23. The minimum atomic E-state index is 0.796. The van der Waals surface area contributed by atoms with Crippen molar-refractivity contribution in [1.82, 2.24) is 15.5 Å². The van der Waals surface area contributed by atoms with Gasteiger partial charge in [0.1, 0.15) is 0 Å². The number of likely N-dealkylation sites (N-methyl/N-ethyl adjacent to an activating group) is 1. The van der Waals surface area contributed by atoms with Gasteiger partial charge in [-0.05, 0) is 32.4 Å². The number of ether oxygens (including phenoxy) is 1. The largest absolute Gasteiger partial charge is 0.385 e. The zero-order chi connectivity index (χ0) is 16.8. The molecule has 0 atom stereocenters. The zero-order valence-electron chi connectivity index (χ0n) is 14.8. The topological polar surface area (TPSA) is 48.9 Å². The molecule has 1 aromatic rings. The fourth-order valence-corrected chi connectivity index (χ4v) is 2.23. The average Bonchev–Trinajstić information content (AvgIpc) is 2.56. The predicted molar refractivity (Wildman–Crippen MR) is 98.1 cm³/mol. The molecule has 0 fully saturated rings. The van der Waals surface area contributed by atoms with Crippen LogP contribution in [0.2, 0.25) is 0 Å². The van der Waals surface area contributed by atoms with Gasteiger partial charge in [-0.15, -0.1) is 0 Å². The Hall–Kier alpha value is -1.59. The van der Waals surface area contributed by atoms with Gasteiger partial charge in [0, 0.05) is 39.9 Å². The molecule has 0 aliphatic heterocycles. The van der Waals surface area contributed by atoms with Crippen LogP contribution in [-0.4, -0.2) is 64.3 Å². The maximum atomic E-state index is 5.07. The van der Waals surface area contributed by atoms with Crippen molar-refractivity contribution in [3.8, 4) is 0 Å². The number of methoxy groups -OCH3 is 1. The third-order valence-corrected chi connectivity index (χ3v) is 3.53. The summed E-state index contributed by atoms with van der Waals surface area (Å²) in [6.45, 7) is 7.47. The van der Waals surface area contributed by atoms with Gasteiger partial charge < -0.3 is 20.3 Å². The molecule has 0 saturated heterocycles. The molecule has 1 aromatic carbocycles. The fraction of sp³-hybridized carbons (Fsp3) is 0.611. The summed E-state index contributed by atoms with van der Waals surface area (Å²) in [5.41, 5.74) is 1.34. The number of benzene rings is 1. The molecule has 130 valence electrons. The predicted octanol–water partition coefficient (Wildman–Crippen LogP) is 1.75. The summed E-state index contributed by atoms with van der Waals surface area (Å²) >= 11 is 0. The van der Waals surface area contributed by atoms with Gasteiger partial charge in [0.05, 0.1) is 6.54 Å². The Morgan fingerprint density at radius 2 is 1.96 bits per heavy atom. The quantitative estimate of drug-likeness (QED) is 0.370. The van der Waals surface area contributed by atoms with E-state index in [1.54, 1.807) is 7.11 Å². The van der Waals surface area contributed by atoms with Gasteiger partial charge in [-0.3, -0.25) is 4.99 Å². The highest BCUT2D eigenvalue weighted by atomic mass is 16.5. The van der Waals surface area contributed by atoms with Crippen LogP contribution in [0.1, 0.15) is 18.9 Å². The van der Waals surface area contributed by atoms with Gasteiger partial charge in [-0.1, -0.05) is 30.3 Å². The van der Waals surface area contributed by atoms with E-state index >= 15 is 0 Å². The molecule has 0 aliphatic carbocycles. The maximum Gasteiger partial charge on any atom is 0.191 e. The first-order valence-corrected chi connectivity index (χ1v) is 8.49. The number of hydrogen-bond acceptors (Lipinski definition) is 3. The second-order valence-electron chi connectivity index (χ2n) is 5.57. The third-order valence-electron chi connectivity index (χ3n) is 3.53. The van der Waals surface area contributed by atoms with E-state index in [0.717, 1.165) is 58.1 Å². The maximum absolute atomic E-state index is 5.07. The molecule has 0 bridgehead atoms. The molecular weight excluding hydrogens is 288 g/mol. The molecule has 5 nitrogen and oxygen atoms in total. The molecule has 0 spiro atoms. The van der Waals surface area contributed by atoms with Crippen molar-refractivity contribution in [3.63, 3.8) is 0 Å². The number of hydrogen-bond donors (Lipinski definition) is 2. The Morgan fingerprint density at radius 3 is 2.65 bits per heavy atom. The van der Waals surface area contributed by atoms with Crippen molar-refractivity contribution < 1.29 is 4.74 Å². The second kappa shape index (κ2) is 12.9. The number of rotatable bonds is 11. The number of aliphatic imine (C=N–C) groups is 1. The molecule has 0 aliphatic rings. The van der Waals surface area contributed by atoms with Crippen LogP contribution in [0, 0.1) is 0 Å². The van der Waals surface area contributed by atoms with Gasteiger partial charge in [0.2, 0.25) is 0 Å². The van der Waals surface area contributed by atoms with E-state index in [2.05, 4.69) is 58.8 Å². The molecule has 0 unspecified atom stereocenters. The summed E-state index contributed by atoms with van der Waals surface area (Å²) in [5, 5.41) is 6.69. The molecule has 0 aromatic heterocycles. The van der Waals surface area contributed by atoms with Crippen LogP contribution in [0.15, 0.2) is 35.3 Å². The summed E-state index contributed by atoms with van der Waals surface area (Å²) in [4.78, 5) is 6.92. The standard InChI is InChI=1S/C18H32N4O/c1-4-19-18(20-12-11-17-9-6-5-7-10-17)21-13-15-22(2)14-8-16-23-3/h5-7,9-10H,4,8,11-16H2,1-3H3,(H2,19,20,21). The smallest absolute Gasteiger partial charge is 0.191 e. The van der Waals surface area contributed by atoms with Crippen LogP contribution >= 0.6 is 0 Å². The van der Waals surface area contributed by atoms with E-state index in [4.69, 9.17) is 4.74 Å². The lowest BCUT2D eigenvalue weighted by Crippen LogP contribution is -2.39. The lowest BCUT2D eigenvalue weighted by Gasteiger charge is -2.16. The molecule has 0 saturated carbocycles. The SMILES string of the molecule is CCNC(=NCCN(C)CCCOC)NCCc1ccccc1. The summed E-state index contributed by atoms with van der Waals surface area (Å²) in [6, 6.07) is 10.5. The Kier molecular flexibility index (Phi) is 10.9. The van der Waals surface area contributed by atoms with Crippen molar-refractivity contribution in [1.29, 1.82) is 0 Å². The van der Waals surface area contributed by atoms with Crippen molar-refractivity contribution in [2.45, 2.75) is 19.8 Å². The molecule has 0 heterocycles. The van der Waals surface area contributed by atoms with Crippen LogP contribution in [-0.2, 0) is 11.2 Å². The summed E-state index contributed by atoms with van der Waals surface area (Å²) < 4.78 is 5.07. The molecule has 2 N–H and O–H groups in total. The Morgan fingerprint density at radius 1 is 1.17 bits per heavy atom. The first-order chi connectivity index (χ1) is 11.3. The minimum Gasteiger partial charge on any atom is -0.385 e. The van der Waals surface area contributed by atoms with Crippen molar-refractivity contribution in [2.75, 3.05) is 53.5 Å². The van der Waals surface area contributed by atoms with Crippen LogP contribution in [0.5, 0.6) is 0 Å². The van der Waals surface area contributed by atoms with Gasteiger partial charge in [-0.25, -0.2) is 0 Å². The van der Waals surface area contributed by atoms with E-state index in [-0.39, 0.29) is 0 Å². The average molecular weight is 320 g/mol. The summed E-state index contributed by atoms with van der Waals surface area (Å²) in [7, 11) is 3.87. The molecular formula is C18H32N4O. The molecule has 1 rings (SSSR count). The Bertz CT molecular complexity index is 422. The van der Waals surface area contributed by atoms with Gasteiger partial charge in [0.25, 0.3) is 0 Å². The van der Waals surface area contributed by atoms with Crippen LogP contribution in [0.25, 0.3) is 0 Å². The normalized spacial score (nSPS) is 11.7. The summed E-state index contributed by atoms with van der Waals surface area (Å²) in [5.74, 6) is 0.897. The molecule has 0 radical (unpaired) electrons. The summed E-state index contributed by atoms with van der Waals surface area (Å²) in [6.07, 6.45) is 2.06. The van der Waals surface area contributed by atoms with E-state index < -0.39 is 0 Å². The van der Waals surface area contributed by atoms with Crippen LogP contribution < -0.4 is 10.6 Å². The van der Waals surface area contributed by atoms with E-state index in [1.807, 2.05) is 6.07 Å². The highest BCUT2D eigenvalue weighted by molar-refractivity contribution is 5.79. The molecule has 23 heavy (non-hydrogen) atoms. The minimum absolute atomic E-state index is 0.796. The van der Waals surface area contributed by atoms with E-state index in [0.29, 0.717) is 0 Å². The van der Waals surface area contributed by atoms with Gasteiger partial charge in [-0.2, -0.15) is 0 Å². The first-order valence-electron chi connectivity index (χ1n) is 8.49. The van der Waals surface area contributed by atoms with Crippen molar-refractivity contribution >= 4 is 5.96 Å². The Labute approximate surface area is 141 Å². The van der Waals surface area contributed by atoms with Gasteiger partial charge in [0.15, 0.2) is 5.96 Å². The lowest BCUT2D eigenvalue weighted by atomic mass is 10.1. The zero-order valence-corrected chi connectivity index (χ0v) is 14.8. The lowest BCUT2D eigenvalue weighted by molar-refractivity contribution is 0.180. The first kappa shape index (κ1) is 19.5. The third kappa shape index (κ3) is 9.92. The monoisotopic (exact) mass is 320 g/mol. The number of guanidine groups is 1. The van der Waals surface area contributed by atoms with Crippen molar-refractivity contribution in [3.05, 3.63) is 35.9 Å². The van der Waals surface area contributed by atoms with Crippen LogP contribution in [0.3, 0.4) is 0 Å². The molecule has 0 amide bonds. The Balaban J connectivity index is 2.26. The van der Waals surface area contributed by atoms with Gasteiger partial charge >= 0.3 is 0 Å². The van der Waals surface area contributed by atoms with Crippen molar-refractivity contribution in [2.24, 2.45) is 4.99 Å². The van der Waals surface area contributed by atoms with Crippen LogP contribution in [0.4, 0.5) is 0 Å².